The minimum Gasteiger partial charge on any atom is -0.292 e. The van der Waals surface area contributed by atoms with Gasteiger partial charge in [0.1, 0.15) is 14.9 Å². The summed E-state index contributed by atoms with van der Waals surface area (Å²) >= 11 is 3.13. The number of thiophene rings is 1. The van der Waals surface area contributed by atoms with Crippen molar-refractivity contribution in [1.82, 2.24) is 15.0 Å². The zero-order chi connectivity index (χ0) is 13.2. The molecule has 0 bridgehead atoms. The van der Waals surface area contributed by atoms with Crippen molar-refractivity contribution in [2.24, 2.45) is 5.84 Å². The SMILES string of the molecule is Cc1cc2c(Sc3ccccn3)nc(NN)nc2s1. The monoisotopic (exact) mass is 289 g/mol. The maximum atomic E-state index is 5.41. The Kier molecular flexibility index (Phi) is 3.33. The minimum absolute atomic E-state index is 0.424. The van der Waals surface area contributed by atoms with Crippen molar-refractivity contribution < 1.29 is 0 Å². The Morgan fingerprint density at radius 2 is 2.21 bits per heavy atom. The Morgan fingerprint density at radius 1 is 1.32 bits per heavy atom. The van der Waals surface area contributed by atoms with E-state index in [0.29, 0.717) is 5.95 Å². The van der Waals surface area contributed by atoms with Crippen molar-refractivity contribution in [3.8, 4) is 0 Å². The minimum atomic E-state index is 0.424. The predicted octanol–water partition coefficient (Wildman–Crippen LogP) is 2.83. The van der Waals surface area contributed by atoms with Crippen molar-refractivity contribution in [3.05, 3.63) is 35.3 Å². The highest BCUT2D eigenvalue weighted by atomic mass is 32.2. The number of hydrogen-bond acceptors (Lipinski definition) is 7. The highest BCUT2D eigenvalue weighted by molar-refractivity contribution is 7.99. The third kappa shape index (κ3) is 2.53. The molecule has 0 saturated heterocycles. The van der Waals surface area contributed by atoms with Crippen LogP contribution in [0.3, 0.4) is 0 Å². The van der Waals surface area contributed by atoms with Gasteiger partial charge in [-0.1, -0.05) is 6.07 Å². The molecular formula is C12H11N5S2. The van der Waals surface area contributed by atoms with Gasteiger partial charge in [-0.3, -0.25) is 5.43 Å². The van der Waals surface area contributed by atoms with Gasteiger partial charge in [0.25, 0.3) is 0 Å². The standard InChI is InChI=1S/C12H11N5S2/c1-7-6-8-10(18-7)15-12(17-13)16-11(8)19-9-4-2-3-5-14-9/h2-6H,13H2,1H3,(H,15,16,17). The molecule has 96 valence electrons. The number of hydrogen-bond donors (Lipinski definition) is 2. The molecule has 3 N–H and O–H groups in total. The number of aromatic nitrogens is 3. The molecule has 0 fully saturated rings. The summed E-state index contributed by atoms with van der Waals surface area (Å²) in [6.07, 6.45) is 1.77. The van der Waals surface area contributed by atoms with Crippen LogP contribution in [-0.4, -0.2) is 15.0 Å². The van der Waals surface area contributed by atoms with Crippen LogP contribution in [0.25, 0.3) is 10.2 Å². The summed E-state index contributed by atoms with van der Waals surface area (Å²) in [4.78, 5) is 15.2. The fraction of sp³-hybridized carbons (Fsp3) is 0.0833. The molecule has 0 spiro atoms. The van der Waals surface area contributed by atoms with Crippen molar-refractivity contribution >= 4 is 39.3 Å². The molecule has 3 heterocycles. The Labute approximate surface area is 118 Å². The molecule has 3 rings (SSSR count). The van der Waals surface area contributed by atoms with Gasteiger partial charge in [0.15, 0.2) is 0 Å². The topological polar surface area (TPSA) is 76.7 Å². The number of pyridine rings is 1. The fourth-order valence-corrected chi connectivity index (χ4v) is 3.46. The molecule has 7 heteroatoms. The first-order valence-corrected chi connectivity index (χ1v) is 7.23. The zero-order valence-corrected chi connectivity index (χ0v) is 11.8. The number of nitrogens with zero attached hydrogens (tertiary/aromatic N) is 3. The maximum Gasteiger partial charge on any atom is 0.239 e. The smallest absolute Gasteiger partial charge is 0.239 e. The largest absolute Gasteiger partial charge is 0.292 e. The summed E-state index contributed by atoms with van der Waals surface area (Å²) in [5.74, 6) is 5.84. The van der Waals surface area contributed by atoms with E-state index in [-0.39, 0.29) is 0 Å². The second kappa shape index (κ2) is 5.12. The van der Waals surface area contributed by atoms with Gasteiger partial charge in [-0.15, -0.1) is 11.3 Å². The van der Waals surface area contributed by atoms with E-state index in [1.165, 1.54) is 16.6 Å². The number of nitrogens with one attached hydrogen (secondary N) is 1. The normalized spacial score (nSPS) is 10.8. The van der Waals surface area contributed by atoms with E-state index in [9.17, 15) is 0 Å². The average Bonchev–Trinajstić information content (AvgIpc) is 2.80. The van der Waals surface area contributed by atoms with Gasteiger partial charge in [0.2, 0.25) is 5.95 Å². The average molecular weight is 289 g/mol. The molecule has 19 heavy (non-hydrogen) atoms. The summed E-state index contributed by atoms with van der Waals surface area (Å²) in [7, 11) is 0. The molecule has 0 aliphatic rings. The van der Waals surface area contributed by atoms with Crippen LogP contribution >= 0.6 is 23.1 Å². The third-order valence-corrected chi connectivity index (χ3v) is 4.35. The molecule has 5 nitrogen and oxygen atoms in total. The van der Waals surface area contributed by atoms with Gasteiger partial charge < -0.3 is 0 Å². The van der Waals surface area contributed by atoms with Crippen LogP contribution in [0.2, 0.25) is 0 Å². The van der Waals surface area contributed by atoms with Gasteiger partial charge >= 0.3 is 0 Å². The van der Waals surface area contributed by atoms with Crippen LogP contribution in [0.5, 0.6) is 0 Å². The molecule has 0 aliphatic carbocycles. The van der Waals surface area contributed by atoms with E-state index < -0.39 is 0 Å². The van der Waals surface area contributed by atoms with Crippen molar-refractivity contribution in [3.63, 3.8) is 0 Å². The second-order valence-corrected chi connectivity index (χ2v) is 6.09. The fourth-order valence-electron chi connectivity index (χ4n) is 1.66. The van der Waals surface area contributed by atoms with Gasteiger partial charge in [-0.25, -0.2) is 20.8 Å². The molecule has 3 aromatic rings. The van der Waals surface area contributed by atoms with Crippen LogP contribution < -0.4 is 11.3 Å². The molecule has 0 unspecified atom stereocenters. The molecular weight excluding hydrogens is 278 g/mol. The van der Waals surface area contributed by atoms with E-state index in [4.69, 9.17) is 5.84 Å². The molecule has 0 aromatic carbocycles. The van der Waals surface area contributed by atoms with Crippen LogP contribution in [0.4, 0.5) is 5.95 Å². The molecule has 0 atom stereocenters. The number of rotatable bonds is 3. The predicted molar refractivity (Wildman–Crippen MR) is 78.3 cm³/mol. The Hall–Kier alpha value is -1.70. The first-order valence-electron chi connectivity index (χ1n) is 5.60. The van der Waals surface area contributed by atoms with E-state index in [0.717, 1.165) is 20.3 Å². The quantitative estimate of drug-likeness (QED) is 0.438. The van der Waals surface area contributed by atoms with Gasteiger partial charge in [0.05, 0.1) is 0 Å². The Morgan fingerprint density at radius 3 is 2.95 bits per heavy atom. The molecule has 0 aliphatic heterocycles. The van der Waals surface area contributed by atoms with Crippen LogP contribution in [0.1, 0.15) is 4.88 Å². The van der Waals surface area contributed by atoms with Crippen molar-refractivity contribution in [1.29, 1.82) is 0 Å². The summed E-state index contributed by atoms with van der Waals surface area (Å²) in [6.45, 7) is 2.05. The summed E-state index contributed by atoms with van der Waals surface area (Å²) in [5.41, 5.74) is 2.51. The first-order chi connectivity index (χ1) is 9.26. The van der Waals surface area contributed by atoms with Gasteiger partial charge in [-0.2, -0.15) is 0 Å². The van der Waals surface area contributed by atoms with E-state index in [1.807, 2.05) is 18.2 Å². The highest BCUT2D eigenvalue weighted by Crippen LogP contribution is 2.34. The van der Waals surface area contributed by atoms with Crippen molar-refractivity contribution in [2.45, 2.75) is 17.0 Å². The molecule has 0 amide bonds. The van der Waals surface area contributed by atoms with Crippen LogP contribution in [0, 0.1) is 6.92 Å². The number of nitrogens with two attached hydrogens (primary N) is 1. The summed E-state index contributed by atoms with van der Waals surface area (Å²) in [6, 6.07) is 7.88. The zero-order valence-electron chi connectivity index (χ0n) is 10.1. The lowest BCUT2D eigenvalue weighted by molar-refractivity contribution is 1.06. The lowest BCUT2D eigenvalue weighted by atomic mass is 10.4. The lowest BCUT2D eigenvalue weighted by Gasteiger charge is -2.04. The number of hydrazine groups is 1. The van der Waals surface area contributed by atoms with E-state index in [2.05, 4.69) is 33.4 Å². The lowest BCUT2D eigenvalue weighted by Crippen LogP contribution is -2.10. The summed E-state index contributed by atoms with van der Waals surface area (Å²) in [5, 5.41) is 2.80. The number of nitrogen functional groups attached to an aromatic ring is 1. The van der Waals surface area contributed by atoms with Crippen LogP contribution in [-0.2, 0) is 0 Å². The van der Waals surface area contributed by atoms with E-state index >= 15 is 0 Å². The Bertz CT molecular complexity index is 711. The van der Waals surface area contributed by atoms with Crippen molar-refractivity contribution in [2.75, 3.05) is 5.43 Å². The summed E-state index contributed by atoms with van der Waals surface area (Å²) < 4.78 is 0. The van der Waals surface area contributed by atoms with Gasteiger partial charge in [-0.05, 0) is 36.9 Å². The third-order valence-electron chi connectivity index (χ3n) is 2.45. The highest BCUT2D eigenvalue weighted by Gasteiger charge is 2.11. The number of fused-ring (bicyclic) bond motifs is 1. The number of aryl methyl sites for hydroxylation is 1. The van der Waals surface area contributed by atoms with Crippen LogP contribution in [0.15, 0.2) is 40.5 Å². The second-order valence-electron chi connectivity index (χ2n) is 3.84. The Balaban J connectivity index is 2.10. The number of anilines is 1. The first kappa shape index (κ1) is 12.3. The maximum absolute atomic E-state index is 5.41. The molecule has 0 radical (unpaired) electrons. The molecule has 3 aromatic heterocycles. The van der Waals surface area contributed by atoms with E-state index in [1.54, 1.807) is 17.5 Å². The molecule has 0 saturated carbocycles. The van der Waals surface area contributed by atoms with Gasteiger partial charge in [0, 0.05) is 16.5 Å².